The van der Waals surface area contributed by atoms with E-state index in [2.05, 4.69) is 24.9 Å². The van der Waals surface area contributed by atoms with Gasteiger partial charge in [0.1, 0.15) is 0 Å². The maximum absolute atomic E-state index is 6.31. The lowest BCUT2D eigenvalue weighted by atomic mass is 9.56. The van der Waals surface area contributed by atoms with Crippen LogP contribution >= 0.6 is 0 Å². The molecule has 1 saturated heterocycles. The smallest absolute Gasteiger partial charge is 0.0156 e. The van der Waals surface area contributed by atoms with Crippen molar-refractivity contribution in [3.8, 4) is 0 Å². The molecule has 2 fully saturated rings. The van der Waals surface area contributed by atoms with Crippen LogP contribution in [0, 0.1) is 17.3 Å². The van der Waals surface area contributed by atoms with Gasteiger partial charge in [0.15, 0.2) is 0 Å². The molecule has 1 saturated carbocycles. The molecular formula is C13H22N2. The molecule has 3 aliphatic rings. The van der Waals surface area contributed by atoms with Gasteiger partial charge in [-0.05, 0) is 51.1 Å². The number of hydrogen-bond acceptors (Lipinski definition) is 2. The molecule has 1 spiro atoms. The third kappa shape index (κ3) is 1.14. The van der Waals surface area contributed by atoms with Crippen LogP contribution in [0.5, 0.6) is 0 Å². The Balaban J connectivity index is 1.90. The maximum atomic E-state index is 6.31. The van der Waals surface area contributed by atoms with E-state index in [-0.39, 0.29) is 0 Å². The molecule has 4 unspecified atom stereocenters. The molecule has 0 aromatic rings. The van der Waals surface area contributed by atoms with E-state index in [0.29, 0.717) is 11.3 Å². The Morgan fingerprint density at radius 2 is 2.27 bits per heavy atom. The number of hydrogen-bond donors (Lipinski definition) is 1. The van der Waals surface area contributed by atoms with Crippen LogP contribution in [0.4, 0.5) is 0 Å². The molecule has 0 aromatic carbocycles. The summed E-state index contributed by atoms with van der Waals surface area (Å²) in [6.45, 7) is 3.55. The Hall–Kier alpha value is -0.500. The predicted molar refractivity (Wildman–Crippen MR) is 62.2 cm³/mol. The van der Waals surface area contributed by atoms with E-state index in [1.54, 1.807) is 0 Å². The third-order valence-electron chi connectivity index (χ3n) is 5.15. The fourth-order valence-corrected chi connectivity index (χ4v) is 4.22. The summed E-state index contributed by atoms with van der Waals surface area (Å²) in [6.07, 6.45) is 7.72. The van der Waals surface area contributed by atoms with Crippen LogP contribution in [0.2, 0.25) is 0 Å². The van der Waals surface area contributed by atoms with Gasteiger partial charge in [-0.2, -0.15) is 0 Å². The van der Waals surface area contributed by atoms with E-state index in [1.165, 1.54) is 37.9 Å². The summed E-state index contributed by atoms with van der Waals surface area (Å²) in [4.78, 5) is 2.55. The van der Waals surface area contributed by atoms with E-state index in [0.717, 1.165) is 12.0 Å². The SMILES string of the molecule is CC1C=C(N)C2(CCN(C)C3CCC32)C1. The van der Waals surface area contributed by atoms with E-state index in [1.807, 2.05) is 0 Å². The molecule has 0 bridgehead atoms. The summed E-state index contributed by atoms with van der Waals surface area (Å²) in [5.74, 6) is 1.56. The molecule has 15 heavy (non-hydrogen) atoms. The molecule has 2 N–H and O–H groups in total. The highest BCUT2D eigenvalue weighted by Gasteiger charge is 2.55. The second-order valence-electron chi connectivity index (χ2n) is 5.94. The fraction of sp³-hybridized carbons (Fsp3) is 0.846. The Kier molecular flexibility index (Phi) is 1.94. The summed E-state index contributed by atoms with van der Waals surface area (Å²) in [5, 5.41) is 0. The zero-order valence-corrected chi connectivity index (χ0v) is 9.87. The van der Waals surface area contributed by atoms with Gasteiger partial charge in [-0.15, -0.1) is 0 Å². The highest BCUT2D eigenvalue weighted by molar-refractivity contribution is 5.25. The lowest BCUT2D eigenvalue weighted by Crippen LogP contribution is -2.58. The van der Waals surface area contributed by atoms with Gasteiger partial charge in [0.05, 0.1) is 0 Å². The monoisotopic (exact) mass is 206 g/mol. The van der Waals surface area contributed by atoms with Crippen molar-refractivity contribution in [1.82, 2.24) is 4.90 Å². The van der Waals surface area contributed by atoms with Gasteiger partial charge in [-0.3, -0.25) is 0 Å². The van der Waals surface area contributed by atoms with E-state index in [4.69, 9.17) is 5.73 Å². The van der Waals surface area contributed by atoms with Crippen LogP contribution in [0.1, 0.15) is 32.6 Å². The van der Waals surface area contributed by atoms with Crippen LogP contribution in [-0.2, 0) is 0 Å². The maximum Gasteiger partial charge on any atom is 0.0156 e. The normalized spacial score (nSPS) is 50.0. The molecule has 3 rings (SSSR count). The Morgan fingerprint density at radius 3 is 2.80 bits per heavy atom. The molecule has 84 valence electrons. The van der Waals surface area contributed by atoms with Crippen molar-refractivity contribution >= 4 is 0 Å². The molecule has 1 heterocycles. The first kappa shape index (κ1) is 9.71. The Bertz CT molecular complexity index is 310. The first-order valence-electron chi connectivity index (χ1n) is 6.31. The van der Waals surface area contributed by atoms with Gasteiger partial charge in [-0.25, -0.2) is 0 Å². The summed E-state index contributed by atoms with van der Waals surface area (Å²) in [5.41, 5.74) is 7.93. The predicted octanol–water partition coefficient (Wildman–Crippen LogP) is 1.97. The lowest BCUT2D eigenvalue weighted by Gasteiger charge is -2.57. The van der Waals surface area contributed by atoms with Crippen LogP contribution < -0.4 is 5.73 Å². The summed E-state index contributed by atoms with van der Waals surface area (Å²) in [6, 6.07) is 0.830. The Morgan fingerprint density at radius 1 is 1.47 bits per heavy atom. The van der Waals surface area contributed by atoms with Crippen molar-refractivity contribution < 1.29 is 0 Å². The minimum absolute atomic E-state index is 0.398. The van der Waals surface area contributed by atoms with Crippen LogP contribution in [0.15, 0.2) is 11.8 Å². The molecule has 1 aliphatic heterocycles. The highest BCUT2D eigenvalue weighted by Crippen LogP contribution is 2.58. The second-order valence-corrected chi connectivity index (χ2v) is 5.94. The number of fused-ring (bicyclic) bond motifs is 2. The van der Waals surface area contributed by atoms with Gasteiger partial charge < -0.3 is 10.6 Å². The summed E-state index contributed by atoms with van der Waals surface area (Å²) >= 11 is 0. The molecule has 2 aliphatic carbocycles. The van der Waals surface area contributed by atoms with Gasteiger partial charge >= 0.3 is 0 Å². The van der Waals surface area contributed by atoms with Crippen molar-refractivity contribution in [3.05, 3.63) is 11.8 Å². The van der Waals surface area contributed by atoms with Crippen LogP contribution in [-0.4, -0.2) is 24.5 Å². The minimum Gasteiger partial charge on any atom is -0.402 e. The topological polar surface area (TPSA) is 29.3 Å². The van der Waals surface area contributed by atoms with Crippen molar-refractivity contribution in [2.45, 2.75) is 38.6 Å². The zero-order valence-electron chi connectivity index (χ0n) is 9.87. The first-order chi connectivity index (χ1) is 7.13. The molecule has 0 aromatic heterocycles. The van der Waals surface area contributed by atoms with E-state index in [9.17, 15) is 0 Å². The van der Waals surface area contributed by atoms with Crippen molar-refractivity contribution in [2.75, 3.05) is 13.6 Å². The largest absolute Gasteiger partial charge is 0.402 e. The summed E-state index contributed by atoms with van der Waals surface area (Å²) in [7, 11) is 2.28. The second kappa shape index (κ2) is 3.00. The van der Waals surface area contributed by atoms with Gasteiger partial charge in [0.2, 0.25) is 0 Å². The molecule has 2 nitrogen and oxygen atoms in total. The quantitative estimate of drug-likeness (QED) is 0.656. The van der Waals surface area contributed by atoms with Crippen molar-refractivity contribution in [1.29, 1.82) is 0 Å². The Labute approximate surface area is 92.5 Å². The van der Waals surface area contributed by atoms with Gasteiger partial charge in [0.25, 0.3) is 0 Å². The fourth-order valence-electron chi connectivity index (χ4n) is 4.22. The van der Waals surface area contributed by atoms with Crippen LogP contribution in [0.25, 0.3) is 0 Å². The van der Waals surface area contributed by atoms with Crippen LogP contribution in [0.3, 0.4) is 0 Å². The van der Waals surface area contributed by atoms with Crippen molar-refractivity contribution in [2.24, 2.45) is 23.0 Å². The number of likely N-dealkylation sites (tertiary alicyclic amines) is 1. The van der Waals surface area contributed by atoms with E-state index < -0.39 is 0 Å². The molecule has 0 amide bonds. The molecule has 0 radical (unpaired) electrons. The lowest BCUT2D eigenvalue weighted by molar-refractivity contribution is -0.0516. The number of nitrogens with two attached hydrogens (primary N) is 1. The average molecular weight is 206 g/mol. The zero-order chi connectivity index (χ0) is 10.6. The highest BCUT2D eigenvalue weighted by atomic mass is 15.2. The standard InChI is InChI=1S/C13H22N2/c1-9-7-12(14)13(8-9)5-6-15(2)11-4-3-10(11)13/h7,9-11H,3-6,8,14H2,1-2H3. The number of piperidine rings is 1. The number of rotatable bonds is 0. The number of allylic oxidation sites excluding steroid dienone is 2. The summed E-state index contributed by atoms with van der Waals surface area (Å²) < 4.78 is 0. The molecular weight excluding hydrogens is 184 g/mol. The van der Waals surface area contributed by atoms with Gasteiger partial charge in [-0.1, -0.05) is 13.0 Å². The van der Waals surface area contributed by atoms with Gasteiger partial charge in [0, 0.05) is 17.2 Å². The third-order valence-corrected chi connectivity index (χ3v) is 5.15. The number of nitrogens with zero attached hydrogens (tertiary/aromatic N) is 1. The minimum atomic E-state index is 0.398. The first-order valence-corrected chi connectivity index (χ1v) is 6.31. The van der Waals surface area contributed by atoms with E-state index >= 15 is 0 Å². The average Bonchev–Trinajstić information content (AvgIpc) is 2.35. The molecule has 4 atom stereocenters. The molecule has 2 heteroatoms. The van der Waals surface area contributed by atoms with Crippen molar-refractivity contribution in [3.63, 3.8) is 0 Å².